The Kier molecular flexibility index (Phi) is 9.35. The molecule has 3 aromatic rings. The molecule has 0 radical (unpaired) electrons. The van der Waals surface area contributed by atoms with Crippen molar-refractivity contribution in [3.05, 3.63) is 90.3 Å². The second-order valence-corrected chi connectivity index (χ2v) is 7.62. The SMILES string of the molecule is CCOC(=O)C(C(=O)OCC)C(OCC)C(c1ccc(-c2ccccc2)cc1)c1ccccn1. The zero-order valence-electron chi connectivity index (χ0n) is 19.8. The first-order chi connectivity index (χ1) is 16.6. The molecule has 6 heteroatoms. The Bertz CT molecular complexity index is 1020. The standard InChI is InChI=1S/C28H31NO5/c1-4-32-26(25(27(30)33-5-2)28(31)34-6-3)24(23-14-10-11-19-29-23)22-17-15-21(16-18-22)20-12-8-7-9-13-20/h7-19,24-26H,4-6H2,1-3H3. The molecule has 6 nitrogen and oxygen atoms in total. The monoisotopic (exact) mass is 461 g/mol. The van der Waals surface area contributed by atoms with E-state index in [1.807, 2.05) is 79.7 Å². The highest BCUT2D eigenvalue weighted by Gasteiger charge is 2.44. The fourth-order valence-electron chi connectivity index (χ4n) is 4.01. The lowest BCUT2D eigenvalue weighted by Gasteiger charge is -2.31. The lowest BCUT2D eigenvalue weighted by molar-refractivity contribution is -0.169. The predicted octanol–water partition coefficient (Wildman–Crippen LogP) is 5.03. The van der Waals surface area contributed by atoms with Crippen LogP contribution in [0.1, 0.15) is 37.9 Å². The number of ether oxygens (including phenoxy) is 3. The summed E-state index contributed by atoms with van der Waals surface area (Å²) in [5.41, 5.74) is 3.72. The van der Waals surface area contributed by atoms with E-state index in [0.717, 1.165) is 16.7 Å². The molecule has 1 aromatic heterocycles. The van der Waals surface area contributed by atoms with Crippen LogP contribution < -0.4 is 0 Å². The molecule has 34 heavy (non-hydrogen) atoms. The summed E-state index contributed by atoms with van der Waals surface area (Å²) in [7, 11) is 0. The molecule has 0 aliphatic heterocycles. The Labute approximate surface area is 200 Å². The topological polar surface area (TPSA) is 74.7 Å². The van der Waals surface area contributed by atoms with Crippen LogP contribution >= 0.6 is 0 Å². The Hall–Kier alpha value is -3.51. The van der Waals surface area contributed by atoms with Crippen LogP contribution in [0.5, 0.6) is 0 Å². The highest BCUT2D eigenvalue weighted by atomic mass is 16.6. The van der Waals surface area contributed by atoms with E-state index in [9.17, 15) is 9.59 Å². The fraction of sp³-hybridized carbons (Fsp3) is 0.321. The van der Waals surface area contributed by atoms with Crippen LogP contribution in [0.25, 0.3) is 11.1 Å². The maximum absolute atomic E-state index is 13.0. The van der Waals surface area contributed by atoms with Gasteiger partial charge in [-0.3, -0.25) is 14.6 Å². The van der Waals surface area contributed by atoms with E-state index in [4.69, 9.17) is 14.2 Å². The minimum atomic E-state index is -1.25. The highest BCUT2D eigenvalue weighted by molar-refractivity contribution is 5.96. The summed E-state index contributed by atoms with van der Waals surface area (Å²) in [4.78, 5) is 30.5. The second kappa shape index (κ2) is 12.7. The Balaban J connectivity index is 2.09. The molecule has 3 rings (SSSR count). The number of hydrogen-bond donors (Lipinski definition) is 0. The van der Waals surface area contributed by atoms with Crippen LogP contribution in [-0.4, -0.2) is 42.8 Å². The van der Waals surface area contributed by atoms with Crippen molar-refractivity contribution in [2.75, 3.05) is 19.8 Å². The number of pyridine rings is 1. The van der Waals surface area contributed by atoms with Crippen molar-refractivity contribution in [3.63, 3.8) is 0 Å². The van der Waals surface area contributed by atoms with Gasteiger partial charge in [-0.1, -0.05) is 60.7 Å². The minimum absolute atomic E-state index is 0.146. The Morgan fingerprint density at radius 1 is 0.735 bits per heavy atom. The molecular weight excluding hydrogens is 430 g/mol. The van der Waals surface area contributed by atoms with E-state index in [1.54, 1.807) is 20.0 Å². The largest absolute Gasteiger partial charge is 0.465 e. The van der Waals surface area contributed by atoms with Crippen LogP contribution in [-0.2, 0) is 23.8 Å². The van der Waals surface area contributed by atoms with Crippen LogP contribution in [0.2, 0.25) is 0 Å². The lowest BCUT2D eigenvalue weighted by atomic mass is 9.82. The summed E-state index contributed by atoms with van der Waals surface area (Å²) in [6.07, 6.45) is 0.827. The number of nitrogens with zero attached hydrogens (tertiary/aromatic N) is 1. The van der Waals surface area contributed by atoms with Crippen LogP contribution in [0.15, 0.2) is 79.0 Å². The molecule has 0 spiro atoms. The third-order valence-electron chi connectivity index (χ3n) is 5.48. The lowest BCUT2D eigenvalue weighted by Crippen LogP contribution is -2.43. The molecule has 0 aliphatic carbocycles. The quantitative estimate of drug-likeness (QED) is 0.295. The predicted molar refractivity (Wildman–Crippen MR) is 130 cm³/mol. The normalized spacial score (nSPS) is 12.7. The van der Waals surface area contributed by atoms with Gasteiger partial charge in [0.15, 0.2) is 5.92 Å². The summed E-state index contributed by atoms with van der Waals surface area (Å²) < 4.78 is 16.6. The van der Waals surface area contributed by atoms with Gasteiger partial charge in [0, 0.05) is 12.8 Å². The number of carbonyl (C=O) groups is 2. The molecular formula is C28H31NO5. The molecule has 0 saturated carbocycles. The molecule has 0 fully saturated rings. The first-order valence-corrected chi connectivity index (χ1v) is 11.6. The van der Waals surface area contributed by atoms with E-state index in [2.05, 4.69) is 4.98 Å². The van der Waals surface area contributed by atoms with Gasteiger partial charge in [0.2, 0.25) is 0 Å². The fourth-order valence-corrected chi connectivity index (χ4v) is 4.01. The third kappa shape index (κ3) is 6.08. The minimum Gasteiger partial charge on any atom is -0.465 e. The average molecular weight is 462 g/mol. The molecule has 2 atom stereocenters. The number of carbonyl (C=O) groups excluding carboxylic acids is 2. The summed E-state index contributed by atoms with van der Waals surface area (Å²) in [6, 6.07) is 23.6. The first-order valence-electron chi connectivity index (χ1n) is 11.6. The molecule has 0 aliphatic rings. The van der Waals surface area contributed by atoms with E-state index in [-0.39, 0.29) is 13.2 Å². The van der Waals surface area contributed by atoms with Gasteiger partial charge < -0.3 is 14.2 Å². The van der Waals surface area contributed by atoms with Gasteiger partial charge in [-0.15, -0.1) is 0 Å². The average Bonchev–Trinajstić information content (AvgIpc) is 2.86. The van der Waals surface area contributed by atoms with E-state index in [1.165, 1.54) is 0 Å². The van der Waals surface area contributed by atoms with E-state index in [0.29, 0.717) is 12.3 Å². The smallest absolute Gasteiger partial charge is 0.323 e. The van der Waals surface area contributed by atoms with Crippen molar-refractivity contribution < 1.29 is 23.8 Å². The van der Waals surface area contributed by atoms with Crippen molar-refractivity contribution in [2.45, 2.75) is 32.8 Å². The maximum atomic E-state index is 13.0. The third-order valence-corrected chi connectivity index (χ3v) is 5.48. The molecule has 0 N–H and O–H groups in total. The summed E-state index contributed by atoms with van der Waals surface area (Å²) in [6.45, 7) is 5.82. The van der Waals surface area contributed by atoms with E-state index < -0.39 is 29.9 Å². The summed E-state index contributed by atoms with van der Waals surface area (Å²) in [5.74, 6) is -3.08. The van der Waals surface area contributed by atoms with Crippen molar-refractivity contribution in [1.29, 1.82) is 0 Å². The highest BCUT2D eigenvalue weighted by Crippen LogP contribution is 2.35. The van der Waals surface area contributed by atoms with Crippen molar-refractivity contribution in [1.82, 2.24) is 4.98 Å². The van der Waals surface area contributed by atoms with Gasteiger partial charge in [-0.25, -0.2) is 0 Å². The van der Waals surface area contributed by atoms with Crippen LogP contribution in [0.3, 0.4) is 0 Å². The zero-order valence-corrected chi connectivity index (χ0v) is 19.8. The number of esters is 2. The molecule has 178 valence electrons. The van der Waals surface area contributed by atoms with Crippen LogP contribution in [0, 0.1) is 5.92 Å². The molecule has 0 saturated heterocycles. The van der Waals surface area contributed by atoms with Crippen molar-refractivity contribution in [2.24, 2.45) is 5.92 Å². The number of aromatic nitrogens is 1. The van der Waals surface area contributed by atoms with Gasteiger partial charge in [-0.05, 0) is 49.6 Å². The number of rotatable bonds is 11. The summed E-state index contributed by atoms with van der Waals surface area (Å²) in [5, 5.41) is 0. The number of benzene rings is 2. The van der Waals surface area contributed by atoms with Gasteiger partial charge in [0.1, 0.15) is 0 Å². The summed E-state index contributed by atoms with van der Waals surface area (Å²) >= 11 is 0. The van der Waals surface area contributed by atoms with Gasteiger partial charge in [0.25, 0.3) is 0 Å². The Morgan fingerprint density at radius 2 is 1.32 bits per heavy atom. The van der Waals surface area contributed by atoms with Gasteiger partial charge in [-0.2, -0.15) is 0 Å². The molecule has 0 amide bonds. The maximum Gasteiger partial charge on any atom is 0.323 e. The van der Waals surface area contributed by atoms with Gasteiger partial charge in [0.05, 0.1) is 30.9 Å². The molecule has 0 bridgehead atoms. The van der Waals surface area contributed by atoms with Crippen LogP contribution in [0.4, 0.5) is 0 Å². The second-order valence-electron chi connectivity index (χ2n) is 7.62. The number of hydrogen-bond acceptors (Lipinski definition) is 6. The zero-order chi connectivity index (χ0) is 24.3. The molecule has 1 heterocycles. The van der Waals surface area contributed by atoms with E-state index >= 15 is 0 Å². The van der Waals surface area contributed by atoms with Gasteiger partial charge >= 0.3 is 11.9 Å². The van der Waals surface area contributed by atoms with Crippen molar-refractivity contribution in [3.8, 4) is 11.1 Å². The molecule has 2 aromatic carbocycles. The molecule has 2 unspecified atom stereocenters. The first kappa shape index (κ1) is 25.1. The van der Waals surface area contributed by atoms with Crippen molar-refractivity contribution >= 4 is 11.9 Å². The Morgan fingerprint density at radius 3 is 1.85 bits per heavy atom.